The molecule has 0 aliphatic carbocycles. The predicted octanol–water partition coefficient (Wildman–Crippen LogP) is 3.26. The highest BCUT2D eigenvalue weighted by Gasteiger charge is 2.24. The minimum atomic E-state index is -0.286. The standard InChI is InChI=1S/C20H23N3O4/c1-13(2)27-18-9-6-14(12-21-18)20(25)22-15-7-8-16(17(11-15)26-3)23-10-4-5-19(23)24/h6-9,11-13H,4-5,10H2,1-3H3,(H,22,25). The normalized spacial score (nSPS) is 13.8. The van der Waals surface area contributed by atoms with Crippen LogP contribution in [0.15, 0.2) is 36.5 Å². The van der Waals surface area contributed by atoms with Crippen molar-refractivity contribution in [2.75, 3.05) is 23.9 Å². The molecule has 0 atom stereocenters. The lowest BCUT2D eigenvalue weighted by molar-refractivity contribution is -0.117. The van der Waals surface area contributed by atoms with Gasteiger partial charge in [-0.25, -0.2) is 4.98 Å². The van der Waals surface area contributed by atoms with E-state index in [0.717, 1.165) is 12.1 Å². The van der Waals surface area contributed by atoms with Crippen molar-refractivity contribution < 1.29 is 19.1 Å². The summed E-state index contributed by atoms with van der Waals surface area (Å²) in [6, 6.07) is 8.58. The van der Waals surface area contributed by atoms with Crippen molar-refractivity contribution in [2.45, 2.75) is 32.8 Å². The molecule has 1 aliphatic heterocycles. The Hall–Kier alpha value is -3.09. The van der Waals surface area contributed by atoms with E-state index in [9.17, 15) is 9.59 Å². The maximum Gasteiger partial charge on any atom is 0.257 e. The number of ether oxygens (including phenoxy) is 2. The molecule has 0 unspecified atom stereocenters. The lowest BCUT2D eigenvalue weighted by Gasteiger charge is -2.19. The topological polar surface area (TPSA) is 80.8 Å². The molecule has 0 bridgehead atoms. The number of benzene rings is 1. The quantitative estimate of drug-likeness (QED) is 0.845. The van der Waals surface area contributed by atoms with Crippen molar-refractivity contribution in [2.24, 2.45) is 0 Å². The molecule has 3 rings (SSSR count). The van der Waals surface area contributed by atoms with Gasteiger partial charge in [-0.1, -0.05) is 0 Å². The molecule has 0 radical (unpaired) electrons. The van der Waals surface area contributed by atoms with E-state index >= 15 is 0 Å². The SMILES string of the molecule is COc1cc(NC(=O)c2ccc(OC(C)C)nc2)ccc1N1CCCC1=O. The average Bonchev–Trinajstić information content (AvgIpc) is 3.07. The van der Waals surface area contributed by atoms with Crippen molar-refractivity contribution in [3.8, 4) is 11.6 Å². The van der Waals surface area contributed by atoms with Crippen LogP contribution in [-0.4, -0.2) is 36.6 Å². The van der Waals surface area contributed by atoms with Crippen molar-refractivity contribution in [3.63, 3.8) is 0 Å². The Balaban J connectivity index is 1.73. The number of hydrogen-bond donors (Lipinski definition) is 1. The van der Waals surface area contributed by atoms with E-state index in [-0.39, 0.29) is 17.9 Å². The van der Waals surface area contributed by atoms with E-state index in [1.807, 2.05) is 13.8 Å². The summed E-state index contributed by atoms with van der Waals surface area (Å²) in [5, 5.41) is 2.82. The van der Waals surface area contributed by atoms with Gasteiger partial charge in [0.05, 0.1) is 24.5 Å². The Labute approximate surface area is 158 Å². The maximum atomic E-state index is 12.4. The lowest BCUT2D eigenvalue weighted by Crippen LogP contribution is -2.24. The molecule has 0 spiro atoms. The number of carbonyl (C=O) groups excluding carboxylic acids is 2. The number of pyridine rings is 1. The molecule has 2 amide bonds. The van der Waals surface area contributed by atoms with Crippen molar-refractivity contribution in [3.05, 3.63) is 42.1 Å². The fourth-order valence-corrected chi connectivity index (χ4v) is 2.91. The van der Waals surface area contributed by atoms with Crippen molar-refractivity contribution in [1.82, 2.24) is 4.98 Å². The van der Waals surface area contributed by atoms with E-state index < -0.39 is 0 Å². The third-order valence-corrected chi connectivity index (χ3v) is 4.16. The van der Waals surface area contributed by atoms with Gasteiger partial charge in [0.25, 0.3) is 5.91 Å². The van der Waals surface area contributed by atoms with E-state index in [1.54, 1.807) is 42.3 Å². The minimum Gasteiger partial charge on any atom is -0.494 e. The summed E-state index contributed by atoms with van der Waals surface area (Å²) in [7, 11) is 1.54. The summed E-state index contributed by atoms with van der Waals surface area (Å²) in [4.78, 5) is 30.3. The van der Waals surface area contributed by atoms with Crippen LogP contribution in [-0.2, 0) is 4.79 Å². The molecule has 1 aliphatic rings. The van der Waals surface area contributed by atoms with Crippen molar-refractivity contribution in [1.29, 1.82) is 0 Å². The van der Waals surface area contributed by atoms with Gasteiger partial charge in [0.2, 0.25) is 11.8 Å². The first-order valence-corrected chi connectivity index (χ1v) is 8.90. The van der Waals surface area contributed by atoms with Crippen LogP contribution in [0.3, 0.4) is 0 Å². The van der Waals surface area contributed by atoms with Gasteiger partial charge < -0.3 is 19.7 Å². The van der Waals surface area contributed by atoms with Crippen LogP contribution in [0.25, 0.3) is 0 Å². The summed E-state index contributed by atoms with van der Waals surface area (Å²) in [5.41, 5.74) is 1.72. The summed E-state index contributed by atoms with van der Waals surface area (Å²) in [6.07, 6.45) is 2.88. The van der Waals surface area contributed by atoms with Crippen LogP contribution >= 0.6 is 0 Å². The number of rotatable bonds is 6. The molecule has 142 valence electrons. The molecule has 2 aromatic rings. The number of carbonyl (C=O) groups is 2. The Morgan fingerprint density at radius 3 is 2.67 bits per heavy atom. The number of amides is 2. The van der Waals surface area contributed by atoms with Gasteiger partial charge in [-0.3, -0.25) is 9.59 Å². The number of hydrogen-bond acceptors (Lipinski definition) is 5. The molecule has 1 N–H and O–H groups in total. The van der Waals surface area contributed by atoms with Gasteiger partial charge in [0.15, 0.2) is 0 Å². The molecule has 7 nitrogen and oxygen atoms in total. The fourth-order valence-electron chi connectivity index (χ4n) is 2.91. The highest BCUT2D eigenvalue weighted by atomic mass is 16.5. The van der Waals surface area contributed by atoms with Crippen LogP contribution < -0.4 is 19.7 Å². The first-order valence-electron chi connectivity index (χ1n) is 8.90. The van der Waals surface area contributed by atoms with Crippen LogP contribution in [0.2, 0.25) is 0 Å². The number of nitrogens with zero attached hydrogens (tertiary/aromatic N) is 2. The molecule has 2 heterocycles. The van der Waals surface area contributed by atoms with Gasteiger partial charge >= 0.3 is 0 Å². The summed E-state index contributed by atoms with van der Waals surface area (Å²) in [5.74, 6) is 0.815. The van der Waals surface area contributed by atoms with Gasteiger partial charge in [-0.2, -0.15) is 0 Å². The van der Waals surface area contributed by atoms with Crippen LogP contribution in [0.4, 0.5) is 11.4 Å². The molecule has 1 aromatic carbocycles. The van der Waals surface area contributed by atoms with Crippen molar-refractivity contribution >= 4 is 23.2 Å². The molecule has 27 heavy (non-hydrogen) atoms. The highest BCUT2D eigenvalue weighted by Crippen LogP contribution is 2.34. The number of anilines is 2. The Morgan fingerprint density at radius 2 is 2.07 bits per heavy atom. The Bertz CT molecular complexity index is 834. The van der Waals surface area contributed by atoms with Gasteiger partial charge in [0.1, 0.15) is 5.75 Å². The highest BCUT2D eigenvalue weighted by molar-refractivity contribution is 6.04. The fraction of sp³-hybridized carbons (Fsp3) is 0.350. The predicted molar refractivity (Wildman–Crippen MR) is 103 cm³/mol. The molecule has 1 aromatic heterocycles. The van der Waals surface area contributed by atoms with Crippen LogP contribution in [0.1, 0.15) is 37.0 Å². The number of methoxy groups -OCH3 is 1. The van der Waals surface area contributed by atoms with Crippen LogP contribution in [0, 0.1) is 0 Å². The zero-order valence-corrected chi connectivity index (χ0v) is 15.7. The maximum absolute atomic E-state index is 12.4. The van der Waals surface area contributed by atoms with E-state index in [1.165, 1.54) is 6.20 Å². The second-order valence-electron chi connectivity index (χ2n) is 6.54. The van der Waals surface area contributed by atoms with Gasteiger partial charge in [-0.15, -0.1) is 0 Å². The monoisotopic (exact) mass is 369 g/mol. The first-order chi connectivity index (χ1) is 13.0. The molecule has 1 saturated heterocycles. The number of nitrogens with one attached hydrogen (secondary N) is 1. The van der Waals surface area contributed by atoms with Gasteiger partial charge in [0, 0.05) is 37.0 Å². The Morgan fingerprint density at radius 1 is 1.26 bits per heavy atom. The zero-order chi connectivity index (χ0) is 19.4. The van der Waals surface area contributed by atoms with Gasteiger partial charge in [-0.05, 0) is 38.5 Å². The third kappa shape index (κ3) is 4.36. The lowest BCUT2D eigenvalue weighted by atomic mass is 10.2. The molecular formula is C20H23N3O4. The summed E-state index contributed by atoms with van der Waals surface area (Å²) >= 11 is 0. The molecular weight excluding hydrogens is 346 g/mol. The van der Waals surface area contributed by atoms with E-state index in [2.05, 4.69) is 10.3 Å². The zero-order valence-electron chi connectivity index (χ0n) is 15.7. The smallest absolute Gasteiger partial charge is 0.257 e. The van der Waals surface area contributed by atoms with Crippen LogP contribution in [0.5, 0.6) is 11.6 Å². The summed E-state index contributed by atoms with van der Waals surface area (Å²) in [6.45, 7) is 4.50. The second kappa shape index (κ2) is 8.07. The first kappa shape index (κ1) is 18.7. The Kier molecular flexibility index (Phi) is 5.59. The second-order valence-corrected chi connectivity index (χ2v) is 6.54. The third-order valence-electron chi connectivity index (χ3n) is 4.16. The summed E-state index contributed by atoms with van der Waals surface area (Å²) < 4.78 is 10.9. The molecule has 7 heteroatoms. The molecule has 0 saturated carbocycles. The minimum absolute atomic E-state index is 0.0191. The van der Waals surface area contributed by atoms with E-state index in [4.69, 9.17) is 9.47 Å². The number of aromatic nitrogens is 1. The largest absolute Gasteiger partial charge is 0.494 e. The van der Waals surface area contributed by atoms with E-state index in [0.29, 0.717) is 35.8 Å². The average molecular weight is 369 g/mol. The molecule has 1 fully saturated rings.